The lowest BCUT2D eigenvalue weighted by atomic mass is 10.0. The van der Waals surface area contributed by atoms with Crippen LogP contribution in [0.2, 0.25) is 0 Å². The molecule has 1 aromatic heterocycles. The van der Waals surface area contributed by atoms with E-state index in [0.29, 0.717) is 18.8 Å². The number of hydrogen-bond acceptors (Lipinski definition) is 4. The molecule has 132 valence electrons. The third-order valence-electron chi connectivity index (χ3n) is 5.35. The van der Waals surface area contributed by atoms with Gasteiger partial charge >= 0.3 is 0 Å². The van der Waals surface area contributed by atoms with E-state index >= 15 is 0 Å². The van der Waals surface area contributed by atoms with Crippen molar-refractivity contribution in [3.8, 4) is 0 Å². The predicted octanol–water partition coefficient (Wildman–Crippen LogP) is 2.13. The average molecular weight is 340 g/mol. The molecule has 1 saturated heterocycles. The first kappa shape index (κ1) is 16.3. The van der Waals surface area contributed by atoms with E-state index < -0.39 is 0 Å². The summed E-state index contributed by atoms with van der Waals surface area (Å²) in [6.07, 6.45) is 4.71. The van der Waals surface area contributed by atoms with Gasteiger partial charge < -0.3 is 9.64 Å². The highest BCUT2D eigenvalue weighted by Gasteiger charge is 2.38. The second-order valence-electron chi connectivity index (χ2n) is 7.07. The Hall–Kier alpha value is -2.21. The number of aromatic nitrogens is 3. The minimum atomic E-state index is -0.114. The van der Waals surface area contributed by atoms with E-state index in [-0.39, 0.29) is 18.1 Å². The standard InChI is InChI=1S/C19H24N4O2/c1-12-20-19(22-21-12)17-10-16(25-2)11-23(17)18(24)9-13-6-7-14-4-3-5-15(14)8-13/h6-8,16-17H,3-5,9-11H2,1-2H3,(H,20,21,22)/t16-,17+/m1/s1. The van der Waals surface area contributed by atoms with Gasteiger partial charge in [0.15, 0.2) is 5.82 Å². The SMILES string of the molecule is CO[C@@H]1C[C@@H](c2n[nH]c(C)n2)N(C(=O)Cc2ccc3c(c2)CCC3)C1. The Morgan fingerprint density at radius 3 is 2.96 bits per heavy atom. The second-order valence-corrected chi connectivity index (χ2v) is 7.07. The van der Waals surface area contributed by atoms with E-state index in [2.05, 4.69) is 33.4 Å². The van der Waals surface area contributed by atoms with Crippen molar-refractivity contribution < 1.29 is 9.53 Å². The molecule has 1 amide bonds. The molecule has 0 unspecified atom stereocenters. The second kappa shape index (κ2) is 6.59. The Morgan fingerprint density at radius 2 is 2.20 bits per heavy atom. The van der Waals surface area contributed by atoms with Gasteiger partial charge in [0.25, 0.3) is 0 Å². The lowest BCUT2D eigenvalue weighted by Crippen LogP contribution is -2.33. The summed E-state index contributed by atoms with van der Waals surface area (Å²) in [5, 5.41) is 7.14. The van der Waals surface area contributed by atoms with Crippen LogP contribution in [0.5, 0.6) is 0 Å². The van der Waals surface area contributed by atoms with Crippen LogP contribution in [0, 0.1) is 6.92 Å². The highest BCUT2D eigenvalue weighted by molar-refractivity contribution is 5.79. The fraction of sp³-hybridized carbons (Fsp3) is 0.526. The van der Waals surface area contributed by atoms with E-state index in [9.17, 15) is 4.79 Å². The monoisotopic (exact) mass is 340 g/mol. The number of ether oxygens (including phenoxy) is 1. The van der Waals surface area contributed by atoms with Crippen LogP contribution in [-0.2, 0) is 28.8 Å². The van der Waals surface area contributed by atoms with Gasteiger partial charge in [0.05, 0.1) is 18.6 Å². The minimum Gasteiger partial charge on any atom is -0.380 e. The maximum atomic E-state index is 13.0. The Kier molecular flexibility index (Phi) is 4.29. The van der Waals surface area contributed by atoms with E-state index in [1.54, 1.807) is 7.11 Å². The summed E-state index contributed by atoms with van der Waals surface area (Å²) < 4.78 is 5.50. The zero-order valence-electron chi connectivity index (χ0n) is 14.8. The molecule has 0 saturated carbocycles. The van der Waals surface area contributed by atoms with Crippen molar-refractivity contribution >= 4 is 5.91 Å². The molecular formula is C19H24N4O2. The Labute approximate surface area is 147 Å². The number of fused-ring (bicyclic) bond motifs is 1. The van der Waals surface area contributed by atoms with Gasteiger partial charge in [0, 0.05) is 20.1 Å². The Balaban J connectivity index is 1.52. The number of nitrogens with one attached hydrogen (secondary N) is 1. The molecule has 1 aliphatic heterocycles. The third kappa shape index (κ3) is 3.18. The number of rotatable bonds is 4. The van der Waals surface area contributed by atoms with E-state index in [1.165, 1.54) is 17.5 Å². The summed E-state index contributed by atoms with van der Waals surface area (Å²) in [6.45, 7) is 2.47. The molecule has 1 aromatic carbocycles. The number of nitrogens with zero attached hydrogens (tertiary/aromatic N) is 3. The molecule has 6 heteroatoms. The smallest absolute Gasteiger partial charge is 0.227 e. The summed E-state index contributed by atoms with van der Waals surface area (Å²) >= 11 is 0. The zero-order valence-corrected chi connectivity index (χ0v) is 14.8. The summed E-state index contributed by atoms with van der Waals surface area (Å²) in [5.41, 5.74) is 3.94. The van der Waals surface area contributed by atoms with Crippen LogP contribution in [0.4, 0.5) is 0 Å². The van der Waals surface area contributed by atoms with E-state index in [1.807, 2.05) is 11.8 Å². The maximum Gasteiger partial charge on any atom is 0.227 e. The summed E-state index contributed by atoms with van der Waals surface area (Å²) in [5.74, 6) is 1.56. The lowest BCUT2D eigenvalue weighted by Gasteiger charge is -2.22. The molecular weight excluding hydrogens is 316 g/mol. The van der Waals surface area contributed by atoms with Crippen LogP contribution in [0.15, 0.2) is 18.2 Å². The van der Waals surface area contributed by atoms with Crippen molar-refractivity contribution in [2.45, 2.75) is 51.2 Å². The molecule has 0 radical (unpaired) electrons. The van der Waals surface area contributed by atoms with Crippen LogP contribution in [0.3, 0.4) is 0 Å². The van der Waals surface area contributed by atoms with Crippen molar-refractivity contribution in [3.63, 3.8) is 0 Å². The zero-order chi connectivity index (χ0) is 17.4. The molecule has 25 heavy (non-hydrogen) atoms. The van der Waals surface area contributed by atoms with Crippen molar-refractivity contribution in [1.82, 2.24) is 20.1 Å². The van der Waals surface area contributed by atoms with Gasteiger partial charge in [-0.2, -0.15) is 5.10 Å². The molecule has 0 spiro atoms. The Morgan fingerprint density at radius 1 is 1.36 bits per heavy atom. The third-order valence-corrected chi connectivity index (χ3v) is 5.35. The van der Waals surface area contributed by atoms with Crippen LogP contribution in [0.25, 0.3) is 0 Å². The number of aromatic amines is 1. The molecule has 2 heterocycles. The summed E-state index contributed by atoms with van der Waals surface area (Å²) in [6, 6.07) is 6.37. The number of hydrogen-bond donors (Lipinski definition) is 1. The molecule has 1 fully saturated rings. The van der Waals surface area contributed by atoms with Gasteiger partial charge in [0.2, 0.25) is 5.91 Å². The number of amides is 1. The van der Waals surface area contributed by atoms with Gasteiger partial charge in [-0.25, -0.2) is 4.98 Å². The first-order valence-electron chi connectivity index (χ1n) is 8.96. The number of methoxy groups -OCH3 is 1. The highest BCUT2D eigenvalue weighted by atomic mass is 16.5. The average Bonchev–Trinajstić information content (AvgIpc) is 3.32. The fourth-order valence-corrected chi connectivity index (χ4v) is 4.01. The largest absolute Gasteiger partial charge is 0.380 e. The summed E-state index contributed by atoms with van der Waals surface area (Å²) in [7, 11) is 1.69. The molecule has 6 nitrogen and oxygen atoms in total. The number of benzene rings is 1. The molecule has 0 bridgehead atoms. The molecule has 2 aromatic rings. The van der Waals surface area contributed by atoms with Crippen LogP contribution < -0.4 is 0 Å². The van der Waals surface area contributed by atoms with Crippen LogP contribution >= 0.6 is 0 Å². The van der Waals surface area contributed by atoms with E-state index in [4.69, 9.17) is 4.74 Å². The van der Waals surface area contributed by atoms with Gasteiger partial charge in [0.1, 0.15) is 5.82 Å². The topological polar surface area (TPSA) is 71.1 Å². The highest BCUT2D eigenvalue weighted by Crippen LogP contribution is 2.32. The number of aryl methyl sites for hydroxylation is 3. The predicted molar refractivity (Wildman–Crippen MR) is 93.2 cm³/mol. The first-order valence-corrected chi connectivity index (χ1v) is 8.96. The number of H-pyrrole nitrogens is 1. The molecule has 2 atom stereocenters. The van der Waals surface area contributed by atoms with Gasteiger partial charge in [-0.15, -0.1) is 0 Å². The van der Waals surface area contributed by atoms with Crippen LogP contribution in [0.1, 0.15) is 47.2 Å². The lowest BCUT2D eigenvalue weighted by molar-refractivity contribution is -0.131. The normalized spacial score (nSPS) is 22.4. The quantitative estimate of drug-likeness (QED) is 0.925. The van der Waals surface area contributed by atoms with Gasteiger partial charge in [-0.1, -0.05) is 18.2 Å². The van der Waals surface area contributed by atoms with Crippen molar-refractivity contribution in [2.75, 3.05) is 13.7 Å². The number of carbonyl (C=O) groups is 1. The summed E-state index contributed by atoms with van der Waals surface area (Å²) in [4.78, 5) is 19.3. The fourth-order valence-electron chi connectivity index (χ4n) is 4.01. The van der Waals surface area contributed by atoms with Crippen molar-refractivity contribution in [3.05, 3.63) is 46.5 Å². The minimum absolute atomic E-state index is 0.0350. The molecule has 2 aliphatic rings. The van der Waals surface area contributed by atoms with Crippen LogP contribution in [-0.4, -0.2) is 45.7 Å². The Bertz CT molecular complexity index is 785. The number of carbonyl (C=O) groups excluding carboxylic acids is 1. The van der Waals surface area contributed by atoms with Crippen molar-refractivity contribution in [2.24, 2.45) is 0 Å². The molecule has 1 aliphatic carbocycles. The maximum absolute atomic E-state index is 13.0. The van der Waals surface area contributed by atoms with E-state index in [0.717, 1.165) is 30.7 Å². The van der Waals surface area contributed by atoms with Gasteiger partial charge in [-0.05, 0) is 42.9 Å². The first-order chi connectivity index (χ1) is 12.1. The van der Waals surface area contributed by atoms with Crippen molar-refractivity contribution in [1.29, 1.82) is 0 Å². The number of likely N-dealkylation sites (tertiary alicyclic amines) is 1. The molecule has 1 N–H and O–H groups in total. The molecule has 4 rings (SSSR count). The van der Waals surface area contributed by atoms with Gasteiger partial charge in [-0.3, -0.25) is 9.89 Å².